The van der Waals surface area contributed by atoms with Gasteiger partial charge in [-0.2, -0.15) is 0 Å². The molecule has 0 saturated carbocycles. The van der Waals surface area contributed by atoms with Gasteiger partial charge < -0.3 is 9.84 Å². The molecule has 0 aliphatic carbocycles. The third-order valence-electron chi connectivity index (χ3n) is 5.97. The van der Waals surface area contributed by atoms with Crippen molar-refractivity contribution in [2.24, 2.45) is 5.92 Å². The molecule has 0 bridgehead atoms. The summed E-state index contributed by atoms with van der Waals surface area (Å²) in [6.45, 7) is 8.11. The summed E-state index contributed by atoms with van der Waals surface area (Å²) < 4.78 is 5.28. The molecule has 1 saturated heterocycles. The van der Waals surface area contributed by atoms with Gasteiger partial charge in [0.15, 0.2) is 0 Å². The van der Waals surface area contributed by atoms with Crippen LogP contribution >= 0.6 is 11.3 Å². The fourth-order valence-electron chi connectivity index (χ4n) is 3.94. The minimum absolute atomic E-state index is 0.0427. The van der Waals surface area contributed by atoms with Crippen LogP contribution in [0.4, 0.5) is 5.69 Å². The molecule has 4 rings (SSSR count). The lowest BCUT2D eigenvalue weighted by atomic mass is 9.97. The Morgan fingerprint density at radius 3 is 2.31 bits per heavy atom. The summed E-state index contributed by atoms with van der Waals surface area (Å²) in [6, 6.07) is 14.7. The van der Waals surface area contributed by atoms with E-state index in [1.807, 2.05) is 51.3 Å². The Bertz CT molecular complexity index is 1310. The van der Waals surface area contributed by atoms with Crippen molar-refractivity contribution in [1.82, 2.24) is 0 Å². The van der Waals surface area contributed by atoms with Crippen molar-refractivity contribution in [3.63, 3.8) is 0 Å². The summed E-state index contributed by atoms with van der Waals surface area (Å²) in [5.74, 6) is -1.92. The number of thiophene rings is 1. The highest BCUT2D eigenvalue weighted by Crippen LogP contribution is 2.43. The fraction of sp³-hybridized carbons (Fsp3) is 0.250. The Hall–Kier alpha value is -3.71. The molecule has 0 spiro atoms. The van der Waals surface area contributed by atoms with E-state index in [0.29, 0.717) is 23.4 Å². The lowest BCUT2D eigenvalue weighted by Gasteiger charge is -2.24. The predicted octanol–water partition coefficient (Wildman–Crippen LogP) is 5.80. The zero-order valence-electron chi connectivity index (χ0n) is 20.1. The molecule has 1 atom stereocenters. The molecule has 0 radical (unpaired) electrons. The summed E-state index contributed by atoms with van der Waals surface area (Å²) in [4.78, 5) is 40.9. The minimum Gasteiger partial charge on any atom is -0.507 e. The molecular formula is C28H27NO5S. The molecule has 180 valence electrons. The quantitative estimate of drug-likeness (QED) is 0.205. The second-order valence-corrected chi connectivity index (χ2v) is 10.0. The second kappa shape index (κ2) is 9.88. The number of benzene rings is 2. The molecule has 7 heteroatoms. The lowest BCUT2D eigenvalue weighted by Crippen LogP contribution is -2.29. The van der Waals surface area contributed by atoms with Crippen LogP contribution in [0.3, 0.4) is 0 Å². The van der Waals surface area contributed by atoms with Crippen LogP contribution in [0.1, 0.15) is 51.8 Å². The van der Waals surface area contributed by atoms with Gasteiger partial charge in [0.25, 0.3) is 11.7 Å². The number of ketones is 1. The Morgan fingerprint density at radius 2 is 1.71 bits per heavy atom. The number of hydrogen-bond acceptors (Lipinski definition) is 6. The summed E-state index contributed by atoms with van der Waals surface area (Å²) in [5.41, 5.74) is 3.36. The standard InChI is InChI=1S/C28H27NO5S/c1-16(2)15-34-28(33)19-9-11-21(12-10-19)29-24(22-6-5-13-35-22)23(26(31)27(29)32)25(30)20-8-7-17(3)18(4)14-20/h5-14,16,24,30H,15H2,1-4H3/b25-23-. The number of hydrogen-bond donors (Lipinski definition) is 1. The van der Waals surface area contributed by atoms with Crippen molar-refractivity contribution in [1.29, 1.82) is 0 Å². The topological polar surface area (TPSA) is 83.9 Å². The van der Waals surface area contributed by atoms with Crippen molar-refractivity contribution in [2.45, 2.75) is 33.7 Å². The largest absolute Gasteiger partial charge is 0.507 e. The molecule has 2 heterocycles. The Balaban J connectivity index is 1.76. The number of aliphatic hydroxyl groups is 1. The SMILES string of the molecule is Cc1ccc(/C(O)=C2/C(=O)C(=O)N(c3ccc(C(=O)OCC(C)C)cc3)C2c2cccs2)cc1C. The molecule has 1 N–H and O–H groups in total. The number of Topliss-reactive ketones (excluding diaryl/α,β-unsaturated/α-hetero) is 1. The van der Waals surface area contributed by atoms with Crippen molar-refractivity contribution in [2.75, 3.05) is 11.5 Å². The molecule has 1 unspecified atom stereocenters. The summed E-state index contributed by atoms with van der Waals surface area (Å²) >= 11 is 1.40. The van der Waals surface area contributed by atoms with Gasteiger partial charge in [-0.15, -0.1) is 11.3 Å². The van der Waals surface area contributed by atoms with Gasteiger partial charge in [0.2, 0.25) is 0 Å². The molecule has 1 aliphatic rings. The van der Waals surface area contributed by atoms with E-state index in [4.69, 9.17) is 4.74 Å². The van der Waals surface area contributed by atoms with E-state index >= 15 is 0 Å². The smallest absolute Gasteiger partial charge is 0.338 e. The monoisotopic (exact) mass is 489 g/mol. The van der Waals surface area contributed by atoms with E-state index in [0.717, 1.165) is 16.0 Å². The van der Waals surface area contributed by atoms with Crippen LogP contribution in [0.5, 0.6) is 0 Å². The van der Waals surface area contributed by atoms with Crippen LogP contribution in [-0.4, -0.2) is 29.4 Å². The molecule has 1 amide bonds. The molecule has 1 aliphatic heterocycles. The first-order chi connectivity index (χ1) is 16.7. The Labute approximate surface area is 208 Å². The normalized spacial score (nSPS) is 17.3. The van der Waals surface area contributed by atoms with Gasteiger partial charge in [-0.05, 0) is 72.7 Å². The highest BCUT2D eigenvalue weighted by atomic mass is 32.1. The van der Waals surface area contributed by atoms with Crippen LogP contribution in [0.25, 0.3) is 5.76 Å². The number of aliphatic hydroxyl groups excluding tert-OH is 1. The number of amides is 1. The van der Waals surface area contributed by atoms with E-state index in [-0.39, 0.29) is 17.3 Å². The molecule has 2 aromatic carbocycles. The zero-order valence-corrected chi connectivity index (χ0v) is 20.9. The third-order valence-corrected chi connectivity index (χ3v) is 6.89. The Kier molecular flexibility index (Phi) is 6.89. The molecule has 1 fully saturated rings. The van der Waals surface area contributed by atoms with E-state index in [1.165, 1.54) is 16.2 Å². The summed E-state index contributed by atoms with van der Waals surface area (Å²) in [5, 5.41) is 13.1. The first kappa shape index (κ1) is 24.4. The van der Waals surface area contributed by atoms with Crippen LogP contribution in [-0.2, 0) is 14.3 Å². The summed E-state index contributed by atoms with van der Waals surface area (Å²) in [7, 11) is 0. The molecular weight excluding hydrogens is 462 g/mol. The highest BCUT2D eigenvalue weighted by molar-refractivity contribution is 7.10. The molecule has 35 heavy (non-hydrogen) atoms. The predicted molar refractivity (Wildman–Crippen MR) is 137 cm³/mol. The second-order valence-electron chi connectivity index (χ2n) is 9.02. The van der Waals surface area contributed by atoms with E-state index in [1.54, 1.807) is 36.4 Å². The van der Waals surface area contributed by atoms with E-state index in [9.17, 15) is 19.5 Å². The van der Waals surface area contributed by atoms with Crippen LogP contribution < -0.4 is 4.90 Å². The maximum Gasteiger partial charge on any atom is 0.338 e. The first-order valence-corrected chi connectivity index (χ1v) is 12.3. The van der Waals surface area contributed by atoms with E-state index in [2.05, 4.69) is 0 Å². The first-order valence-electron chi connectivity index (χ1n) is 11.4. The van der Waals surface area contributed by atoms with Gasteiger partial charge in [-0.3, -0.25) is 14.5 Å². The average Bonchev–Trinajstić information content (AvgIpc) is 3.46. The van der Waals surface area contributed by atoms with Crippen LogP contribution in [0, 0.1) is 19.8 Å². The zero-order chi connectivity index (χ0) is 25.3. The summed E-state index contributed by atoms with van der Waals surface area (Å²) in [6.07, 6.45) is 0. The number of ether oxygens (including phenoxy) is 1. The van der Waals surface area contributed by atoms with E-state index < -0.39 is 23.7 Å². The number of rotatable bonds is 6. The molecule has 6 nitrogen and oxygen atoms in total. The van der Waals surface area contributed by atoms with Crippen molar-refractivity contribution < 1.29 is 24.2 Å². The Morgan fingerprint density at radius 1 is 1.03 bits per heavy atom. The minimum atomic E-state index is -0.782. The number of anilines is 1. The number of carbonyl (C=O) groups is 3. The average molecular weight is 490 g/mol. The van der Waals surface area contributed by atoms with Gasteiger partial charge in [-0.25, -0.2) is 4.79 Å². The molecule has 1 aromatic heterocycles. The number of aryl methyl sites for hydroxylation is 2. The number of nitrogens with zero attached hydrogens (tertiary/aromatic N) is 1. The van der Waals surface area contributed by atoms with Gasteiger partial charge in [0.05, 0.1) is 17.7 Å². The van der Waals surface area contributed by atoms with Crippen LogP contribution in [0.15, 0.2) is 65.6 Å². The third kappa shape index (κ3) is 4.77. The number of esters is 1. The molecule has 3 aromatic rings. The van der Waals surface area contributed by atoms with Crippen molar-refractivity contribution in [3.05, 3.63) is 92.7 Å². The van der Waals surface area contributed by atoms with Gasteiger partial charge in [0.1, 0.15) is 11.8 Å². The van der Waals surface area contributed by atoms with Crippen LogP contribution in [0.2, 0.25) is 0 Å². The number of carbonyl (C=O) groups excluding carboxylic acids is 3. The van der Waals surface area contributed by atoms with Gasteiger partial charge >= 0.3 is 5.97 Å². The van der Waals surface area contributed by atoms with Gasteiger partial charge in [0, 0.05) is 16.1 Å². The maximum atomic E-state index is 13.2. The lowest BCUT2D eigenvalue weighted by molar-refractivity contribution is -0.132. The fourth-order valence-corrected chi connectivity index (χ4v) is 4.77. The maximum absolute atomic E-state index is 13.2. The van der Waals surface area contributed by atoms with Crippen molar-refractivity contribution in [3.8, 4) is 0 Å². The highest BCUT2D eigenvalue weighted by Gasteiger charge is 2.47. The van der Waals surface area contributed by atoms with Gasteiger partial charge in [-0.1, -0.05) is 32.0 Å². The van der Waals surface area contributed by atoms with Crippen molar-refractivity contribution >= 4 is 40.4 Å².